The van der Waals surface area contributed by atoms with Crippen LogP contribution in [0.15, 0.2) is 84.9 Å². The minimum absolute atomic E-state index is 0.608. The highest BCUT2D eigenvalue weighted by molar-refractivity contribution is 6.31. The number of pyridine rings is 2. The summed E-state index contributed by atoms with van der Waals surface area (Å²) in [6, 6.07) is 27.2. The van der Waals surface area contributed by atoms with E-state index in [1.54, 1.807) is 12.1 Å². The molecule has 0 aliphatic carbocycles. The van der Waals surface area contributed by atoms with Crippen LogP contribution in [0.4, 0.5) is 0 Å². The smallest absolute Gasteiger partial charge is 0.0909 e. The summed E-state index contributed by atoms with van der Waals surface area (Å²) in [5, 5.41) is 1.22. The highest BCUT2D eigenvalue weighted by atomic mass is 35.5. The van der Waals surface area contributed by atoms with Crippen molar-refractivity contribution < 1.29 is 0 Å². The molecule has 0 unspecified atom stereocenters. The Morgan fingerprint density at radius 1 is 0.462 bits per heavy atom. The van der Waals surface area contributed by atoms with Gasteiger partial charge in [0.1, 0.15) is 0 Å². The quantitative estimate of drug-likeness (QED) is 0.393. The third kappa shape index (κ3) is 3.62. The SMILES string of the molecule is Clc1cc(-c2ccccc2)nc(-c2cc(Cl)cc(-c3ccccc3)n2)c1. The van der Waals surface area contributed by atoms with E-state index < -0.39 is 0 Å². The van der Waals surface area contributed by atoms with E-state index in [1.807, 2.05) is 72.8 Å². The van der Waals surface area contributed by atoms with Gasteiger partial charge in [-0.25, -0.2) is 9.97 Å². The number of rotatable bonds is 3. The molecule has 4 aromatic rings. The zero-order valence-corrected chi connectivity index (χ0v) is 15.2. The minimum atomic E-state index is 0.608. The molecule has 2 aromatic heterocycles. The number of nitrogens with zero attached hydrogens (tertiary/aromatic N) is 2. The fourth-order valence-corrected chi connectivity index (χ4v) is 3.18. The second kappa shape index (κ2) is 7.28. The predicted molar refractivity (Wildman–Crippen MR) is 108 cm³/mol. The van der Waals surface area contributed by atoms with Crippen LogP contribution in [0.5, 0.6) is 0 Å². The molecule has 4 rings (SSSR count). The van der Waals surface area contributed by atoms with E-state index in [4.69, 9.17) is 33.2 Å². The van der Waals surface area contributed by atoms with Gasteiger partial charge >= 0.3 is 0 Å². The topological polar surface area (TPSA) is 25.8 Å². The second-order valence-corrected chi connectivity index (χ2v) is 6.72. The van der Waals surface area contributed by atoms with Crippen molar-refractivity contribution in [2.24, 2.45) is 0 Å². The van der Waals surface area contributed by atoms with E-state index in [0.717, 1.165) is 22.5 Å². The molecule has 0 N–H and O–H groups in total. The van der Waals surface area contributed by atoms with Crippen molar-refractivity contribution in [3.05, 3.63) is 95.0 Å². The van der Waals surface area contributed by atoms with Gasteiger partial charge in [0.25, 0.3) is 0 Å². The maximum atomic E-state index is 6.35. The van der Waals surface area contributed by atoms with E-state index in [2.05, 4.69) is 0 Å². The third-order valence-corrected chi connectivity index (χ3v) is 4.42. The van der Waals surface area contributed by atoms with Gasteiger partial charge in [-0.05, 0) is 24.3 Å². The molecule has 126 valence electrons. The number of benzene rings is 2. The van der Waals surface area contributed by atoms with Gasteiger partial charge in [0, 0.05) is 21.2 Å². The highest BCUT2D eigenvalue weighted by Crippen LogP contribution is 2.29. The van der Waals surface area contributed by atoms with Gasteiger partial charge in [0.15, 0.2) is 0 Å². The summed E-state index contributed by atoms with van der Waals surface area (Å²) in [6.07, 6.45) is 0. The fraction of sp³-hybridized carbons (Fsp3) is 0. The first-order valence-electron chi connectivity index (χ1n) is 8.15. The van der Waals surface area contributed by atoms with Crippen molar-refractivity contribution in [1.29, 1.82) is 0 Å². The summed E-state index contributed by atoms with van der Waals surface area (Å²) in [6.45, 7) is 0. The zero-order chi connectivity index (χ0) is 17.9. The Hall–Kier alpha value is -2.68. The average Bonchev–Trinajstić information content (AvgIpc) is 2.68. The largest absolute Gasteiger partial charge is 0.246 e. The molecule has 0 aliphatic rings. The molecule has 4 heteroatoms. The van der Waals surface area contributed by atoms with Crippen molar-refractivity contribution in [2.45, 2.75) is 0 Å². The van der Waals surface area contributed by atoms with Gasteiger partial charge in [-0.2, -0.15) is 0 Å². The van der Waals surface area contributed by atoms with E-state index in [9.17, 15) is 0 Å². The number of aromatic nitrogens is 2. The first-order valence-corrected chi connectivity index (χ1v) is 8.91. The van der Waals surface area contributed by atoms with Crippen molar-refractivity contribution in [2.75, 3.05) is 0 Å². The molecule has 2 aromatic carbocycles. The van der Waals surface area contributed by atoms with Crippen molar-refractivity contribution in [1.82, 2.24) is 9.97 Å². The third-order valence-electron chi connectivity index (χ3n) is 3.98. The monoisotopic (exact) mass is 376 g/mol. The maximum absolute atomic E-state index is 6.35. The van der Waals surface area contributed by atoms with Crippen LogP contribution in [-0.4, -0.2) is 9.97 Å². The summed E-state index contributed by atoms with van der Waals surface area (Å²) >= 11 is 12.7. The normalized spacial score (nSPS) is 10.7. The van der Waals surface area contributed by atoms with Crippen LogP contribution in [-0.2, 0) is 0 Å². The van der Waals surface area contributed by atoms with Crippen LogP contribution in [0.25, 0.3) is 33.9 Å². The Morgan fingerprint density at radius 3 is 1.19 bits per heavy atom. The Balaban J connectivity index is 1.83. The number of hydrogen-bond acceptors (Lipinski definition) is 2. The number of halogens is 2. The lowest BCUT2D eigenvalue weighted by atomic mass is 10.1. The fourth-order valence-electron chi connectivity index (χ4n) is 2.77. The Kier molecular flexibility index (Phi) is 4.70. The Bertz CT molecular complexity index is 961. The summed E-state index contributed by atoms with van der Waals surface area (Å²) in [4.78, 5) is 9.49. The van der Waals surface area contributed by atoms with Crippen LogP contribution in [0.2, 0.25) is 10.0 Å². The van der Waals surface area contributed by atoms with Crippen molar-refractivity contribution >= 4 is 23.2 Å². The van der Waals surface area contributed by atoms with E-state index in [1.165, 1.54) is 0 Å². The van der Waals surface area contributed by atoms with Gasteiger partial charge in [0.2, 0.25) is 0 Å². The van der Waals surface area contributed by atoms with Crippen LogP contribution in [0.1, 0.15) is 0 Å². The van der Waals surface area contributed by atoms with Gasteiger partial charge in [-0.1, -0.05) is 83.9 Å². The molecule has 0 radical (unpaired) electrons. The lowest BCUT2D eigenvalue weighted by molar-refractivity contribution is 1.25. The summed E-state index contributed by atoms with van der Waals surface area (Å²) in [5.41, 5.74) is 4.99. The first-order chi connectivity index (χ1) is 12.7. The van der Waals surface area contributed by atoms with Crippen LogP contribution < -0.4 is 0 Å². The molecular weight excluding hydrogens is 363 g/mol. The molecule has 0 atom stereocenters. The van der Waals surface area contributed by atoms with Gasteiger partial charge < -0.3 is 0 Å². The Labute approximate surface area is 162 Å². The van der Waals surface area contributed by atoms with Gasteiger partial charge in [0.05, 0.1) is 22.8 Å². The summed E-state index contributed by atoms with van der Waals surface area (Å²) < 4.78 is 0. The Morgan fingerprint density at radius 2 is 0.808 bits per heavy atom. The maximum Gasteiger partial charge on any atom is 0.0909 e. The summed E-state index contributed by atoms with van der Waals surface area (Å²) in [5.74, 6) is 0. The standard InChI is InChI=1S/C22H14Cl2N2/c23-17-11-19(15-7-3-1-4-8-15)25-21(13-17)22-14-18(24)12-20(26-22)16-9-5-2-6-10-16/h1-14H. The molecule has 0 saturated carbocycles. The van der Waals surface area contributed by atoms with Gasteiger partial charge in [-0.15, -0.1) is 0 Å². The molecule has 2 nitrogen and oxygen atoms in total. The van der Waals surface area contributed by atoms with E-state index in [0.29, 0.717) is 21.4 Å². The van der Waals surface area contributed by atoms with Gasteiger partial charge in [-0.3, -0.25) is 0 Å². The van der Waals surface area contributed by atoms with Crippen LogP contribution >= 0.6 is 23.2 Å². The van der Waals surface area contributed by atoms with Crippen molar-refractivity contribution in [3.8, 4) is 33.9 Å². The highest BCUT2D eigenvalue weighted by Gasteiger charge is 2.10. The predicted octanol–water partition coefficient (Wildman–Crippen LogP) is 6.78. The lowest BCUT2D eigenvalue weighted by Gasteiger charge is -2.09. The molecule has 0 spiro atoms. The zero-order valence-electron chi connectivity index (χ0n) is 13.7. The second-order valence-electron chi connectivity index (χ2n) is 5.84. The minimum Gasteiger partial charge on any atom is -0.246 e. The molecule has 0 fully saturated rings. The van der Waals surface area contributed by atoms with Crippen LogP contribution in [0, 0.1) is 0 Å². The first kappa shape index (κ1) is 16.8. The lowest BCUT2D eigenvalue weighted by Crippen LogP contribution is -1.93. The molecule has 26 heavy (non-hydrogen) atoms. The van der Waals surface area contributed by atoms with E-state index >= 15 is 0 Å². The average molecular weight is 377 g/mol. The molecule has 0 amide bonds. The molecule has 0 saturated heterocycles. The molecule has 0 bridgehead atoms. The molecule has 2 heterocycles. The van der Waals surface area contributed by atoms with E-state index in [-0.39, 0.29) is 0 Å². The number of hydrogen-bond donors (Lipinski definition) is 0. The molecule has 0 aliphatic heterocycles. The summed E-state index contributed by atoms with van der Waals surface area (Å²) in [7, 11) is 0. The van der Waals surface area contributed by atoms with Crippen molar-refractivity contribution in [3.63, 3.8) is 0 Å². The molecular formula is C22H14Cl2N2. The van der Waals surface area contributed by atoms with Crippen LogP contribution in [0.3, 0.4) is 0 Å².